The van der Waals surface area contributed by atoms with Gasteiger partial charge in [0.25, 0.3) is 0 Å². The Kier molecular flexibility index (Phi) is 8.87. The zero-order valence-corrected chi connectivity index (χ0v) is 26.2. The molecule has 1 atom stereocenters. The average molecular weight is 681 g/mol. The highest BCUT2D eigenvalue weighted by Gasteiger charge is 2.39. The lowest BCUT2D eigenvalue weighted by Gasteiger charge is -2.35. The minimum absolute atomic E-state index is 0.0404. The second kappa shape index (κ2) is 13.0. The SMILES string of the molecule is O=C(NCc1cc(-c2ccc(Br)cc2)nc(N2CCN(c3ccccn3)CC2)n1)[C@@H]1CCCN1S(=O)(=O)c1ccc(F)cc1. The summed E-state index contributed by atoms with van der Waals surface area (Å²) < 4.78 is 42.1. The summed E-state index contributed by atoms with van der Waals surface area (Å²) in [5.41, 5.74) is 2.24. The van der Waals surface area contributed by atoms with E-state index in [0.717, 1.165) is 46.8 Å². The van der Waals surface area contributed by atoms with Gasteiger partial charge in [-0.2, -0.15) is 4.31 Å². The van der Waals surface area contributed by atoms with Crippen molar-refractivity contribution >= 4 is 43.6 Å². The van der Waals surface area contributed by atoms with E-state index in [1.54, 1.807) is 6.20 Å². The van der Waals surface area contributed by atoms with Gasteiger partial charge in [-0.05, 0) is 67.4 Å². The number of halogens is 2. The van der Waals surface area contributed by atoms with Gasteiger partial charge >= 0.3 is 0 Å². The van der Waals surface area contributed by atoms with Crippen LogP contribution in [0.1, 0.15) is 18.5 Å². The summed E-state index contributed by atoms with van der Waals surface area (Å²) in [7, 11) is -3.96. The van der Waals surface area contributed by atoms with Crippen LogP contribution in [0, 0.1) is 5.82 Å². The van der Waals surface area contributed by atoms with Gasteiger partial charge in [0, 0.05) is 49.0 Å². The van der Waals surface area contributed by atoms with E-state index in [2.05, 4.69) is 36.0 Å². The lowest BCUT2D eigenvalue weighted by Crippen LogP contribution is -2.47. The number of anilines is 2. The molecule has 4 aromatic rings. The van der Waals surface area contributed by atoms with E-state index < -0.39 is 27.8 Å². The summed E-state index contributed by atoms with van der Waals surface area (Å²) in [5, 5.41) is 2.91. The molecular weight excluding hydrogens is 649 g/mol. The highest BCUT2D eigenvalue weighted by molar-refractivity contribution is 9.10. The lowest BCUT2D eigenvalue weighted by atomic mass is 10.1. The molecule has 10 nitrogen and oxygen atoms in total. The molecule has 0 saturated carbocycles. The van der Waals surface area contributed by atoms with Gasteiger partial charge in [-0.1, -0.05) is 34.1 Å². The number of carbonyl (C=O) groups excluding carboxylic acids is 1. The van der Waals surface area contributed by atoms with E-state index in [4.69, 9.17) is 9.97 Å². The van der Waals surface area contributed by atoms with Gasteiger partial charge < -0.3 is 15.1 Å². The summed E-state index contributed by atoms with van der Waals surface area (Å²) >= 11 is 3.48. The summed E-state index contributed by atoms with van der Waals surface area (Å²) in [6.07, 6.45) is 2.73. The molecule has 0 unspecified atom stereocenters. The first-order valence-electron chi connectivity index (χ1n) is 14.4. The number of sulfonamides is 1. The van der Waals surface area contributed by atoms with Crippen molar-refractivity contribution in [2.24, 2.45) is 0 Å². The summed E-state index contributed by atoms with van der Waals surface area (Å²) in [6.45, 7) is 3.24. The molecule has 2 fully saturated rings. The summed E-state index contributed by atoms with van der Waals surface area (Å²) in [6, 6.07) is 19.3. The third kappa shape index (κ3) is 6.59. The Hall–Kier alpha value is -3.94. The molecule has 13 heteroatoms. The number of carbonyl (C=O) groups is 1. The fourth-order valence-corrected chi connectivity index (χ4v) is 7.41. The van der Waals surface area contributed by atoms with Crippen molar-refractivity contribution in [2.75, 3.05) is 42.5 Å². The quantitative estimate of drug-likeness (QED) is 0.295. The second-order valence-corrected chi connectivity index (χ2v) is 13.5. The predicted molar refractivity (Wildman–Crippen MR) is 169 cm³/mol. The molecule has 1 amide bonds. The Bertz CT molecular complexity index is 1720. The highest BCUT2D eigenvalue weighted by atomic mass is 79.9. The molecule has 0 aliphatic carbocycles. The van der Waals surface area contributed by atoms with E-state index in [1.807, 2.05) is 48.5 Å². The van der Waals surface area contributed by atoms with Crippen molar-refractivity contribution in [2.45, 2.75) is 30.3 Å². The molecule has 2 saturated heterocycles. The van der Waals surface area contributed by atoms with Crippen LogP contribution in [-0.4, -0.2) is 72.3 Å². The number of rotatable bonds is 8. The topological polar surface area (TPSA) is 112 Å². The molecule has 1 N–H and O–H groups in total. The van der Waals surface area contributed by atoms with Crippen LogP contribution >= 0.6 is 15.9 Å². The predicted octanol–water partition coefficient (Wildman–Crippen LogP) is 4.24. The molecule has 0 radical (unpaired) electrons. The maximum absolute atomic E-state index is 13.4. The Balaban J connectivity index is 1.20. The summed E-state index contributed by atoms with van der Waals surface area (Å²) in [5.74, 6) is 0.572. The molecule has 2 aromatic carbocycles. The van der Waals surface area contributed by atoms with Crippen LogP contribution in [0.3, 0.4) is 0 Å². The van der Waals surface area contributed by atoms with E-state index >= 15 is 0 Å². The van der Waals surface area contributed by atoms with Gasteiger partial charge in [-0.15, -0.1) is 0 Å². The van der Waals surface area contributed by atoms with Gasteiger partial charge in [0.2, 0.25) is 21.9 Å². The average Bonchev–Trinajstić information content (AvgIpc) is 3.56. The number of hydrogen-bond donors (Lipinski definition) is 1. The van der Waals surface area contributed by atoms with Crippen molar-refractivity contribution in [1.82, 2.24) is 24.6 Å². The van der Waals surface area contributed by atoms with Gasteiger partial charge in [-0.3, -0.25) is 4.79 Å². The van der Waals surface area contributed by atoms with Crippen molar-refractivity contribution < 1.29 is 17.6 Å². The zero-order valence-electron chi connectivity index (χ0n) is 23.8. The van der Waals surface area contributed by atoms with Gasteiger partial charge in [-0.25, -0.2) is 27.8 Å². The molecule has 228 valence electrons. The molecule has 0 bridgehead atoms. The molecule has 0 spiro atoms. The van der Waals surface area contributed by atoms with E-state index in [0.29, 0.717) is 37.6 Å². The monoisotopic (exact) mass is 679 g/mol. The van der Waals surface area contributed by atoms with Crippen LogP contribution in [0.4, 0.5) is 16.2 Å². The number of nitrogens with one attached hydrogen (secondary N) is 1. The fraction of sp³-hybridized carbons (Fsp3) is 0.290. The molecular formula is C31H31BrFN7O3S. The van der Waals surface area contributed by atoms with Gasteiger partial charge in [0.05, 0.1) is 22.8 Å². The van der Waals surface area contributed by atoms with Crippen molar-refractivity contribution in [1.29, 1.82) is 0 Å². The first-order valence-corrected chi connectivity index (χ1v) is 16.6. The normalized spacial score (nSPS) is 17.5. The number of piperazine rings is 1. The Morgan fingerprint density at radius 3 is 2.36 bits per heavy atom. The smallest absolute Gasteiger partial charge is 0.243 e. The maximum atomic E-state index is 13.4. The van der Waals surface area contributed by atoms with Crippen molar-refractivity contribution in [3.63, 3.8) is 0 Å². The first-order chi connectivity index (χ1) is 21.3. The first kappa shape index (κ1) is 30.1. The van der Waals surface area contributed by atoms with E-state index in [-0.39, 0.29) is 18.0 Å². The van der Waals surface area contributed by atoms with Crippen molar-refractivity contribution in [3.05, 3.63) is 95.0 Å². The molecule has 2 aliphatic rings. The molecule has 2 aromatic heterocycles. The minimum atomic E-state index is -3.96. The second-order valence-electron chi connectivity index (χ2n) is 10.7. The third-order valence-corrected chi connectivity index (χ3v) is 10.3. The van der Waals surface area contributed by atoms with Gasteiger partial charge in [0.15, 0.2) is 0 Å². The van der Waals surface area contributed by atoms with Crippen LogP contribution in [0.5, 0.6) is 0 Å². The largest absolute Gasteiger partial charge is 0.353 e. The number of benzene rings is 2. The zero-order chi connectivity index (χ0) is 30.7. The van der Waals surface area contributed by atoms with Crippen LogP contribution in [0.25, 0.3) is 11.3 Å². The molecule has 44 heavy (non-hydrogen) atoms. The lowest BCUT2D eigenvalue weighted by molar-refractivity contribution is -0.124. The Morgan fingerprint density at radius 1 is 0.932 bits per heavy atom. The standard InChI is InChI=1S/C31H31BrFN7O3S/c32-23-8-6-22(7-9-23)27-20-25(36-31(37-27)39-18-16-38(17-19-39)29-5-1-2-14-34-29)21-35-30(41)28-4-3-15-40(28)44(42,43)26-12-10-24(33)11-13-26/h1-2,5-14,20,28H,3-4,15-19,21H2,(H,35,41)/t28-/m0/s1. The Labute approximate surface area is 264 Å². The Morgan fingerprint density at radius 2 is 1.66 bits per heavy atom. The highest BCUT2D eigenvalue weighted by Crippen LogP contribution is 2.27. The number of nitrogens with zero attached hydrogens (tertiary/aromatic N) is 6. The summed E-state index contributed by atoms with van der Waals surface area (Å²) in [4.78, 5) is 31.8. The fourth-order valence-electron chi connectivity index (χ4n) is 5.49. The minimum Gasteiger partial charge on any atom is -0.353 e. The number of amides is 1. The van der Waals surface area contributed by atoms with E-state index in [1.165, 1.54) is 16.4 Å². The maximum Gasteiger partial charge on any atom is 0.243 e. The molecule has 6 rings (SSSR count). The van der Waals surface area contributed by atoms with Crippen LogP contribution in [0.15, 0.2) is 88.4 Å². The van der Waals surface area contributed by atoms with Gasteiger partial charge in [0.1, 0.15) is 17.7 Å². The van der Waals surface area contributed by atoms with Crippen LogP contribution in [-0.2, 0) is 21.4 Å². The van der Waals surface area contributed by atoms with Crippen LogP contribution in [0.2, 0.25) is 0 Å². The van der Waals surface area contributed by atoms with Crippen LogP contribution < -0.4 is 15.1 Å². The molecule has 4 heterocycles. The van der Waals surface area contributed by atoms with Crippen molar-refractivity contribution in [3.8, 4) is 11.3 Å². The molecule has 2 aliphatic heterocycles. The third-order valence-electron chi connectivity index (χ3n) is 7.81. The number of hydrogen-bond acceptors (Lipinski definition) is 8. The number of pyridine rings is 1. The number of aromatic nitrogens is 3. The van der Waals surface area contributed by atoms with E-state index in [9.17, 15) is 17.6 Å².